The lowest BCUT2D eigenvalue weighted by atomic mass is 10.1. The Labute approximate surface area is 105 Å². The number of carbonyl (C=O) groups is 1. The van der Waals surface area contributed by atoms with Crippen LogP contribution in [-0.4, -0.2) is 22.1 Å². The highest BCUT2D eigenvalue weighted by Gasteiger charge is 2.30. The predicted octanol–water partition coefficient (Wildman–Crippen LogP) is 1.93. The first-order valence-corrected chi connectivity index (χ1v) is 5.97. The van der Waals surface area contributed by atoms with Crippen LogP contribution >= 0.6 is 0 Å². The van der Waals surface area contributed by atoms with Crippen molar-refractivity contribution < 1.29 is 9.90 Å². The number of pyridine rings is 1. The lowest BCUT2D eigenvalue weighted by Crippen LogP contribution is -2.19. The van der Waals surface area contributed by atoms with Gasteiger partial charge in [-0.25, -0.2) is 4.98 Å². The van der Waals surface area contributed by atoms with Gasteiger partial charge in [-0.2, -0.15) is 5.26 Å². The number of carboxylic acids is 1. The molecule has 0 saturated heterocycles. The molecule has 18 heavy (non-hydrogen) atoms. The molecule has 1 saturated carbocycles. The van der Waals surface area contributed by atoms with Gasteiger partial charge in [-0.1, -0.05) is 0 Å². The van der Waals surface area contributed by atoms with E-state index in [4.69, 9.17) is 10.4 Å². The van der Waals surface area contributed by atoms with Crippen LogP contribution < -0.4 is 5.32 Å². The van der Waals surface area contributed by atoms with Crippen LogP contribution in [0.4, 0.5) is 5.82 Å². The lowest BCUT2D eigenvalue weighted by molar-refractivity contribution is -0.141. The fourth-order valence-electron chi connectivity index (χ4n) is 2.34. The third-order valence-electron chi connectivity index (χ3n) is 3.39. The molecule has 5 heteroatoms. The Hall–Kier alpha value is -2.09. The number of aliphatic carboxylic acids is 1. The van der Waals surface area contributed by atoms with Crippen molar-refractivity contribution >= 4 is 11.8 Å². The van der Waals surface area contributed by atoms with Gasteiger partial charge in [0.05, 0.1) is 11.5 Å². The number of rotatable bonds is 3. The zero-order chi connectivity index (χ0) is 13.1. The standard InChI is InChI=1S/C13H15N3O2/c1-8-4-5-15-12(11(8)7-14)16-10-3-2-9(6-10)13(17)18/h4-5,9-10H,2-3,6H2,1H3,(H,15,16)(H,17,18)/t9-,10+/m1/s1. The van der Waals surface area contributed by atoms with Gasteiger partial charge in [0.15, 0.2) is 0 Å². The molecule has 2 atom stereocenters. The maximum atomic E-state index is 10.9. The van der Waals surface area contributed by atoms with Crippen LogP contribution in [0, 0.1) is 24.2 Å². The third kappa shape index (κ3) is 2.43. The molecule has 0 radical (unpaired) electrons. The minimum absolute atomic E-state index is 0.0903. The molecule has 1 aromatic heterocycles. The van der Waals surface area contributed by atoms with Crippen molar-refractivity contribution in [1.82, 2.24) is 4.98 Å². The summed E-state index contributed by atoms with van der Waals surface area (Å²) in [6.07, 6.45) is 3.73. The fourth-order valence-corrected chi connectivity index (χ4v) is 2.34. The minimum atomic E-state index is -0.739. The minimum Gasteiger partial charge on any atom is -0.481 e. The average molecular weight is 245 g/mol. The van der Waals surface area contributed by atoms with Gasteiger partial charge in [0.1, 0.15) is 11.9 Å². The van der Waals surface area contributed by atoms with E-state index in [0.717, 1.165) is 12.0 Å². The van der Waals surface area contributed by atoms with E-state index in [-0.39, 0.29) is 12.0 Å². The van der Waals surface area contributed by atoms with Crippen LogP contribution in [0.5, 0.6) is 0 Å². The van der Waals surface area contributed by atoms with Gasteiger partial charge in [-0.05, 0) is 37.8 Å². The molecule has 1 fully saturated rings. The number of aryl methyl sites for hydroxylation is 1. The molecule has 1 heterocycles. The summed E-state index contributed by atoms with van der Waals surface area (Å²) in [5.41, 5.74) is 1.42. The zero-order valence-corrected chi connectivity index (χ0v) is 10.2. The number of anilines is 1. The van der Waals surface area contributed by atoms with Crippen LogP contribution in [0.3, 0.4) is 0 Å². The molecular formula is C13H15N3O2. The van der Waals surface area contributed by atoms with Gasteiger partial charge >= 0.3 is 5.97 Å². The molecule has 1 aromatic rings. The van der Waals surface area contributed by atoms with E-state index in [0.29, 0.717) is 24.2 Å². The molecule has 0 unspecified atom stereocenters. The molecule has 2 N–H and O–H groups in total. The summed E-state index contributed by atoms with van der Waals surface area (Å²) >= 11 is 0. The fraction of sp³-hybridized carbons (Fsp3) is 0.462. The summed E-state index contributed by atoms with van der Waals surface area (Å²) < 4.78 is 0. The molecule has 2 rings (SSSR count). The summed E-state index contributed by atoms with van der Waals surface area (Å²) in [6, 6.07) is 4.01. The number of nitriles is 1. The normalized spacial score (nSPS) is 22.4. The Morgan fingerprint density at radius 2 is 2.39 bits per heavy atom. The maximum absolute atomic E-state index is 10.9. The van der Waals surface area contributed by atoms with E-state index in [2.05, 4.69) is 16.4 Å². The SMILES string of the molecule is Cc1ccnc(N[C@H]2CC[C@@H](C(=O)O)C2)c1C#N. The zero-order valence-electron chi connectivity index (χ0n) is 10.2. The van der Waals surface area contributed by atoms with E-state index in [9.17, 15) is 4.79 Å². The van der Waals surface area contributed by atoms with Crippen molar-refractivity contribution in [3.8, 4) is 6.07 Å². The van der Waals surface area contributed by atoms with Crippen molar-refractivity contribution in [1.29, 1.82) is 5.26 Å². The molecule has 0 spiro atoms. The van der Waals surface area contributed by atoms with E-state index >= 15 is 0 Å². The number of nitrogens with zero attached hydrogens (tertiary/aromatic N) is 2. The first-order valence-electron chi connectivity index (χ1n) is 5.97. The van der Waals surface area contributed by atoms with E-state index in [1.54, 1.807) is 12.3 Å². The number of hydrogen-bond donors (Lipinski definition) is 2. The molecule has 5 nitrogen and oxygen atoms in total. The van der Waals surface area contributed by atoms with Crippen molar-refractivity contribution in [3.63, 3.8) is 0 Å². The molecular weight excluding hydrogens is 230 g/mol. The van der Waals surface area contributed by atoms with Crippen LogP contribution in [-0.2, 0) is 4.79 Å². The second-order valence-electron chi connectivity index (χ2n) is 4.65. The monoisotopic (exact) mass is 245 g/mol. The largest absolute Gasteiger partial charge is 0.481 e. The maximum Gasteiger partial charge on any atom is 0.306 e. The van der Waals surface area contributed by atoms with Gasteiger partial charge in [-0.3, -0.25) is 4.79 Å². The van der Waals surface area contributed by atoms with Crippen LogP contribution in [0.1, 0.15) is 30.4 Å². The Morgan fingerprint density at radius 1 is 1.61 bits per heavy atom. The van der Waals surface area contributed by atoms with E-state index < -0.39 is 5.97 Å². The number of nitrogens with one attached hydrogen (secondary N) is 1. The van der Waals surface area contributed by atoms with Gasteiger partial charge in [0.25, 0.3) is 0 Å². The molecule has 1 aliphatic carbocycles. The highest BCUT2D eigenvalue weighted by Crippen LogP contribution is 2.29. The van der Waals surface area contributed by atoms with Crippen molar-refractivity contribution in [3.05, 3.63) is 23.4 Å². The van der Waals surface area contributed by atoms with Crippen molar-refractivity contribution in [2.24, 2.45) is 5.92 Å². The number of hydrogen-bond acceptors (Lipinski definition) is 4. The van der Waals surface area contributed by atoms with Crippen molar-refractivity contribution in [2.75, 3.05) is 5.32 Å². The predicted molar refractivity (Wildman–Crippen MR) is 66.1 cm³/mol. The summed E-state index contributed by atoms with van der Waals surface area (Å²) in [5, 5.41) is 21.2. The summed E-state index contributed by atoms with van der Waals surface area (Å²) in [5.74, 6) is -0.455. The second-order valence-corrected chi connectivity index (χ2v) is 4.65. The summed E-state index contributed by atoms with van der Waals surface area (Å²) in [6.45, 7) is 1.86. The Kier molecular flexibility index (Phi) is 3.47. The van der Waals surface area contributed by atoms with Gasteiger partial charge < -0.3 is 10.4 Å². The topological polar surface area (TPSA) is 86.0 Å². The molecule has 1 aliphatic rings. The van der Waals surface area contributed by atoms with Gasteiger partial charge in [0, 0.05) is 12.2 Å². The smallest absolute Gasteiger partial charge is 0.306 e. The first kappa shape index (κ1) is 12.4. The molecule has 0 aliphatic heterocycles. The summed E-state index contributed by atoms with van der Waals surface area (Å²) in [7, 11) is 0. The third-order valence-corrected chi connectivity index (χ3v) is 3.39. The lowest BCUT2D eigenvalue weighted by Gasteiger charge is -2.14. The molecule has 0 bridgehead atoms. The average Bonchev–Trinajstić information content (AvgIpc) is 2.78. The number of carboxylic acid groups (broad SMARTS) is 1. The summed E-state index contributed by atoms with van der Waals surface area (Å²) in [4.78, 5) is 15.0. The quantitative estimate of drug-likeness (QED) is 0.849. The first-order chi connectivity index (χ1) is 8.61. The van der Waals surface area contributed by atoms with Crippen LogP contribution in [0.2, 0.25) is 0 Å². The van der Waals surface area contributed by atoms with E-state index in [1.807, 2.05) is 6.92 Å². The Balaban J connectivity index is 2.10. The van der Waals surface area contributed by atoms with Crippen molar-refractivity contribution in [2.45, 2.75) is 32.2 Å². The highest BCUT2D eigenvalue weighted by atomic mass is 16.4. The number of aromatic nitrogens is 1. The molecule has 0 aromatic carbocycles. The Morgan fingerprint density at radius 3 is 3.00 bits per heavy atom. The van der Waals surface area contributed by atoms with Gasteiger partial charge in [0.2, 0.25) is 0 Å². The second kappa shape index (κ2) is 5.05. The highest BCUT2D eigenvalue weighted by molar-refractivity contribution is 5.70. The van der Waals surface area contributed by atoms with Crippen LogP contribution in [0.15, 0.2) is 12.3 Å². The molecule has 0 amide bonds. The molecule has 94 valence electrons. The van der Waals surface area contributed by atoms with Crippen LogP contribution in [0.25, 0.3) is 0 Å². The Bertz CT molecular complexity index is 507. The van der Waals surface area contributed by atoms with E-state index in [1.165, 1.54) is 0 Å². The van der Waals surface area contributed by atoms with Gasteiger partial charge in [-0.15, -0.1) is 0 Å².